The summed E-state index contributed by atoms with van der Waals surface area (Å²) in [5, 5.41) is 0. The maximum absolute atomic E-state index is 13.7. The monoisotopic (exact) mass is 458 g/mol. The zero-order valence-corrected chi connectivity index (χ0v) is 19.2. The van der Waals surface area contributed by atoms with E-state index >= 15 is 0 Å². The smallest absolute Gasteiger partial charge is 0.332 e. The summed E-state index contributed by atoms with van der Waals surface area (Å²) in [4.78, 5) is 42.6. The zero-order chi connectivity index (χ0) is 23.8. The largest absolute Gasteiger partial charge is 0.341 e. The number of benzene rings is 1. The average molecular weight is 459 g/mol. The second-order valence-electron chi connectivity index (χ2n) is 8.52. The number of nitrogens with zero attached hydrogens (tertiary/aromatic N) is 7. The third-order valence-corrected chi connectivity index (χ3v) is 6.28. The maximum Gasteiger partial charge on any atom is 0.332 e. The van der Waals surface area contributed by atoms with Crippen LogP contribution in [0.2, 0.25) is 0 Å². The number of anilines is 1. The minimum absolute atomic E-state index is 0.0345. The summed E-state index contributed by atoms with van der Waals surface area (Å²) in [6.45, 7) is 3.55. The van der Waals surface area contributed by atoms with E-state index in [2.05, 4.69) is 26.7 Å². The predicted molar refractivity (Wildman–Crippen MR) is 131 cm³/mol. The second kappa shape index (κ2) is 8.76. The van der Waals surface area contributed by atoms with E-state index in [0.29, 0.717) is 41.2 Å². The minimum Gasteiger partial charge on any atom is -0.341 e. The highest BCUT2D eigenvalue weighted by Gasteiger charge is 2.26. The fourth-order valence-corrected chi connectivity index (χ4v) is 4.59. The molecule has 174 valence electrons. The number of hydrogen-bond donors (Lipinski definition) is 1. The normalized spacial score (nSPS) is 16.1. The molecule has 34 heavy (non-hydrogen) atoms. The Balaban J connectivity index is 1.72. The Morgan fingerprint density at radius 1 is 1.18 bits per heavy atom. The van der Waals surface area contributed by atoms with Crippen molar-refractivity contribution in [2.24, 2.45) is 12.8 Å². The number of piperidine rings is 1. The third kappa shape index (κ3) is 3.64. The van der Waals surface area contributed by atoms with Crippen LogP contribution in [0.4, 0.5) is 5.95 Å². The molecule has 4 heterocycles. The molecule has 1 aromatic carbocycles. The van der Waals surface area contributed by atoms with E-state index in [1.807, 2.05) is 22.8 Å². The fraction of sp³-hybridized carbons (Fsp3) is 0.375. The molecule has 1 fully saturated rings. The molecule has 1 saturated heterocycles. The second-order valence-corrected chi connectivity index (χ2v) is 8.52. The number of hydrogen-bond acceptors (Lipinski definition) is 7. The van der Waals surface area contributed by atoms with Crippen LogP contribution in [0.15, 0.2) is 40.2 Å². The highest BCUT2D eigenvalue weighted by Crippen LogP contribution is 2.23. The number of nitrogens with two attached hydrogens (primary N) is 1. The molecule has 0 radical (unpaired) electrons. The molecular weight excluding hydrogens is 432 g/mol. The van der Waals surface area contributed by atoms with E-state index in [4.69, 9.17) is 10.7 Å². The average Bonchev–Trinajstić information content (AvgIpc) is 3.24. The Bertz CT molecular complexity index is 1560. The summed E-state index contributed by atoms with van der Waals surface area (Å²) in [7, 11) is 1.64. The minimum atomic E-state index is -0.438. The van der Waals surface area contributed by atoms with Crippen LogP contribution in [0.25, 0.3) is 22.2 Å². The van der Waals surface area contributed by atoms with Crippen molar-refractivity contribution in [3.05, 3.63) is 57.0 Å². The Hall–Kier alpha value is -3.97. The topological polar surface area (TPSA) is 117 Å². The molecule has 1 atom stereocenters. The number of para-hydroxylation sites is 1. The highest BCUT2D eigenvalue weighted by atomic mass is 16.2. The number of rotatable bonds is 4. The highest BCUT2D eigenvalue weighted by molar-refractivity contribution is 5.78. The molecule has 1 aliphatic heterocycles. The van der Waals surface area contributed by atoms with Crippen molar-refractivity contribution in [3.63, 3.8) is 0 Å². The van der Waals surface area contributed by atoms with Crippen LogP contribution < -0.4 is 21.9 Å². The summed E-state index contributed by atoms with van der Waals surface area (Å²) in [5.41, 5.74) is 8.17. The number of fused-ring (bicyclic) bond motifs is 2. The van der Waals surface area contributed by atoms with E-state index in [-0.39, 0.29) is 12.6 Å². The Kier molecular flexibility index (Phi) is 5.63. The quantitative estimate of drug-likeness (QED) is 0.450. The van der Waals surface area contributed by atoms with Gasteiger partial charge in [-0.2, -0.15) is 4.98 Å². The molecule has 0 amide bonds. The van der Waals surface area contributed by atoms with Crippen LogP contribution in [0.3, 0.4) is 0 Å². The first-order chi connectivity index (χ1) is 16.5. The summed E-state index contributed by atoms with van der Waals surface area (Å²) >= 11 is 0. The van der Waals surface area contributed by atoms with Gasteiger partial charge in [0.25, 0.3) is 5.56 Å². The lowest BCUT2D eigenvalue weighted by Gasteiger charge is -2.31. The van der Waals surface area contributed by atoms with Crippen molar-refractivity contribution < 1.29 is 0 Å². The van der Waals surface area contributed by atoms with Gasteiger partial charge in [0.2, 0.25) is 5.95 Å². The van der Waals surface area contributed by atoms with Gasteiger partial charge in [0.1, 0.15) is 0 Å². The lowest BCUT2D eigenvalue weighted by molar-refractivity contribution is 0.496. The van der Waals surface area contributed by atoms with Crippen LogP contribution in [0, 0.1) is 11.8 Å². The SMILES string of the molecule is CC#CCn1c(N2CCC[C@@H](N)C2)nc2c1c(=O)n(Cc1cccc3nccnc13)c(=O)n2C. The van der Waals surface area contributed by atoms with Gasteiger partial charge in [0.15, 0.2) is 11.2 Å². The van der Waals surface area contributed by atoms with E-state index < -0.39 is 11.2 Å². The Labute approximate surface area is 195 Å². The lowest BCUT2D eigenvalue weighted by Crippen LogP contribution is -2.44. The van der Waals surface area contributed by atoms with Crippen LogP contribution in [-0.2, 0) is 20.1 Å². The van der Waals surface area contributed by atoms with Gasteiger partial charge >= 0.3 is 5.69 Å². The van der Waals surface area contributed by atoms with E-state index in [1.54, 1.807) is 26.4 Å². The lowest BCUT2D eigenvalue weighted by atomic mass is 10.1. The van der Waals surface area contributed by atoms with Crippen molar-refractivity contribution in [1.82, 2.24) is 28.7 Å². The first-order valence-corrected chi connectivity index (χ1v) is 11.3. The summed E-state index contributed by atoms with van der Waals surface area (Å²) < 4.78 is 4.47. The molecule has 10 nitrogen and oxygen atoms in total. The molecule has 10 heteroatoms. The molecule has 3 aromatic heterocycles. The van der Waals surface area contributed by atoms with E-state index in [0.717, 1.165) is 24.9 Å². The van der Waals surface area contributed by atoms with Crippen LogP contribution >= 0.6 is 0 Å². The maximum atomic E-state index is 13.7. The molecule has 0 unspecified atom stereocenters. The molecule has 2 N–H and O–H groups in total. The van der Waals surface area contributed by atoms with Gasteiger partial charge < -0.3 is 10.6 Å². The standard InChI is InChI=1S/C24H26N8O2/c1-3-4-13-31-20-21(28-23(31)30-12-6-8-17(25)15-30)29(2)24(34)32(22(20)33)14-16-7-5-9-18-19(16)27-11-10-26-18/h5,7,9-11,17H,6,8,12-15,25H2,1-2H3/t17-/m1/s1. The van der Waals surface area contributed by atoms with Crippen LogP contribution in [0.5, 0.6) is 0 Å². The predicted octanol–water partition coefficient (Wildman–Crippen LogP) is 0.839. The first-order valence-electron chi connectivity index (χ1n) is 11.3. The Morgan fingerprint density at radius 3 is 2.79 bits per heavy atom. The summed E-state index contributed by atoms with van der Waals surface area (Å²) in [6.07, 6.45) is 5.11. The Morgan fingerprint density at radius 2 is 2.00 bits per heavy atom. The fourth-order valence-electron chi connectivity index (χ4n) is 4.59. The molecule has 4 aromatic rings. The molecule has 1 aliphatic rings. The van der Waals surface area contributed by atoms with E-state index in [1.165, 1.54) is 9.13 Å². The van der Waals surface area contributed by atoms with Gasteiger partial charge in [0.05, 0.1) is 24.1 Å². The van der Waals surface area contributed by atoms with Crippen molar-refractivity contribution in [2.75, 3.05) is 18.0 Å². The van der Waals surface area contributed by atoms with Gasteiger partial charge in [0, 0.05) is 38.6 Å². The van der Waals surface area contributed by atoms with Gasteiger partial charge in [-0.15, -0.1) is 5.92 Å². The van der Waals surface area contributed by atoms with Crippen LogP contribution in [0.1, 0.15) is 25.3 Å². The summed E-state index contributed by atoms with van der Waals surface area (Å²) in [6, 6.07) is 5.59. The number of aryl methyl sites for hydroxylation is 1. The molecule has 0 aliphatic carbocycles. The molecular formula is C24H26N8O2. The van der Waals surface area contributed by atoms with Gasteiger partial charge in [-0.05, 0) is 31.4 Å². The van der Waals surface area contributed by atoms with Crippen molar-refractivity contribution >= 4 is 28.1 Å². The zero-order valence-electron chi connectivity index (χ0n) is 19.2. The van der Waals surface area contributed by atoms with Gasteiger partial charge in [-0.1, -0.05) is 18.1 Å². The van der Waals surface area contributed by atoms with E-state index in [9.17, 15) is 9.59 Å². The van der Waals surface area contributed by atoms with Crippen LogP contribution in [-0.4, -0.2) is 47.8 Å². The molecule has 0 saturated carbocycles. The number of imidazole rings is 1. The molecule has 0 bridgehead atoms. The van der Waals surface area contributed by atoms with Gasteiger partial charge in [-0.25, -0.2) is 4.79 Å². The van der Waals surface area contributed by atoms with Crippen molar-refractivity contribution in [2.45, 2.75) is 38.9 Å². The van der Waals surface area contributed by atoms with Crippen molar-refractivity contribution in [3.8, 4) is 11.8 Å². The molecule has 0 spiro atoms. The van der Waals surface area contributed by atoms with Gasteiger partial charge in [-0.3, -0.25) is 28.5 Å². The number of aromatic nitrogens is 6. The third-order valence-electron chi connectivity index (χ3n) is 6.28. The molecule has 5 rings (SSSR count). The summed E-state index contributed by atoms with van der Waals surface area (Å²) in [5.74, 6) is 6.56. The first kappa shape index (κ1) is 21.9. The van der Waals surface area contributed by atoms with Crippen molar-refractivity contribution in [1.29, 1.82) is 0 Å².